The molecule has 0 aliphatic carbocycles. The van der Waals surface area contributed by atoms with Gasteiger partial charge in [0.25, 0.3) is 0 Å². The topological polar surface area (TPSA) is 20.3 Å². The normalized spacial score (nSPS) is 22.2. The van der Waals surface area contributed by atoms with Crippen LogP contribution in [-0.4, -0.2) is 30.3 Å². The average Bonchev–Trinajstić information content (AvgIpc) is 2.52. The monoisotopic (exact) mass is 315 g/mol. The second-order valence-corrected chi connectivity index (χ2v) is 7.53. The summed E-state index contributed by atoms with van der Waals surface area (Å²) < 4.78 is 0. The summed E-state index contributed by atoms with van der Waals surface area (Å²) in [5.74, 6) is 1.89. The minimum absolute atomic E-state index is 0.296. The van der Waals surface area contributed by atoms with Crippen LogP contribution >= 0.6 is 0 Å². The number of rotatable bonds is 8. The Morgan fingerprint density at radius 3 is 2.35 bits per heavy atom. The van der Waals surface area contributed by atoms with Crippen molar-refractivity contribution in [2.45, 2.75) is 59.3 Å². The molecule has 1 saturated heterocycles. The summed E-state index contributed by atoms with van der Waals surface area (Å²) in [5, 5.41) is 0. The molecule has 1 aromatic carbocycles. The maximum atomic E-state index is 12.3. The molecule has 23 heavy (non-hydrogen) atoms. The molecule has 0 saturated carbocycles. The molecule has 0 spiro atoms. The maximum Gasteiger partial charge on any atom is 0.162 e. The zero-order valence-corrected chi connectivity index (χ0v) is 15.2. The molecule has 0 aromatic heterocycles. The molecule has 128 valence electrons. The van der Waals surface area contributed by atoms with Crippen LogP contribution in [-0.2, 0) is 6.42 Å². The van der Waals surface area contributed by atoms with Crippen LogP contribution in [0.25, 0.3) is 0 Å². The number of carbonyl (C=O) groups is 1. The molecule has 2 heteroatoms. The molecule has 1 fully saturated rings. The Morgan fingerprint density at radius 2 is 1.74 bits per heavy atom. The summed E-state index contributed by atoms with van der Waals surface area (Å²) in [6.45, 7) is 10.4. The van der Waals surface area contributed by atoms with Crippen LogP contribution in [0.1, 0.15) is 68.8 Å². The molecule has 2 atom stereocenters. The van der Waals surface area contributed by atoms with Crippen molar-refractivity contribution in [3.8, 4) is 0 Å². The van der Waals surface area contributed by atoms with E-state index in [0.717, 1.165) is 36.8 Å². The van der Waals surface area contributed by atoms with Crippen LogP contribution in [0.2, 0.25) is 0 Å². The highest BCUT2D eigenvalue weighted by Crippen LogP contribution is 2.21. The number of carbonyl (C=O) groups excluding carboxylic acids is 1. The highest BCUT2D eigenvalue weighted by Gasteiger charge is 2.21. The first-order valence-corrected chi connectivity index (χ1v) is 9.43. The van der Waals surface area contributed by atoms with Crippen molar-refractivity contribution in [2.75, 3.05) is 19.6 Å². The van der Waals surface area contributed by atoms with Crippen molar-refractivity contribution in [2.24, 2.45) is 11.8 Å². The Balaban J connectivity index is 1.74. The first-order valence-electron chi connectivity index (χ1n) is 9.43. The van der Waals surface area contributed by atoms with Gasteiger partial charge in [-0.3, -0.25) is 4.79 Å². The first-order chi connectivity index (χ1) is 11.1. The number of nitrogens with zero attached hydrogens (tertiary/aromatic N) is 1. The van der Waals surface area contributed by atoms with Gasteiger partial charge in [-0.2, -0.15) is 0 Å². The number of benzene rings is 1. The summed E-state index contributed by atoms with van der Waals surface area (Å²) in [6, 6.07) is 8.27. The van der Waals surface area contributed by atoms with Crippen molar-refractivity contribution in [1.82, 2.24) is 4.90 Å². The number of hydrogen-bond donors (Lipinski definition) is 0. The quantitative estimate of drug-likeness (QED) is 0.631. The fraction of sp³-hybridized carbons (Fsp3) is 0.667. The van der Waals surface area contributed by atoms with Gasteiger partial charge in [0.15, 0.2) is 5.78 Å². The molecular weight excluding hydrogens is 282 g/mol. The van der Waals surface area contributed by atoms with Crippen molar-refractivity contribution in [3.63, 3.8) is 0 Å². The summed E-state index contributed by atoms with van der Waals surface area (Å²) in [4.78, 5) is 14.9. The van der Waals surface area contributed by atoms with Gasteiger partial charge in [0.1, 0.15) is 0 Å². The number of ketones is 1. The number of unbranched alkanes of at least 4 members (excludes halogenated alkanes) is 1. The first kappa shape index (κ1) is 18.2. The van der Waals surface area contributed by atoms with Gasteiger partial charge in [-0.15, -0.1) is 0 Å². The number of aryl methyl sites for hydroxylation is 1. The molecule has 2 nitrogen and oxygen atoms in total. The van der Waals surface area contributed by atoms with E-state index in [0.29, 0.717) is 12.2 Å². The average molecular weight is 316 g/mol. The smallest absolute Gasteiger partial charge is 0.162 e. The van der Waals surface area contributed by atoms with E-state index in [-0.39, 0.29) is 0 Å². The zero-order chi connectivity index (χ0) is 16.7. The Hall–Kier alpha value is -1.15. The minimum atomic E-state index is 0.296. The molecule has 0 amide bonds. The van der Waals surface area contributed by atoms with Crippen LogP contribution in [0.3, 0.4) is 0 Å². The Labute approximate surface area is 142 Å². The molecule has 0 radical (unpaired) electrons. The van der Waals surface area contributed by atoms with Crippen molar-refractivity contribution in [3.05, 3.63) is 35.4 Å². The fourth-order valence-electron chi connectivity index (χ4n) is 3.82. The third-order valence-electron chi connectivity index (χ3n) is 4.92. The van der Waals surface area contributed by atoms with Crippen LogP contribution < -0.4 is 0 Å². The second-order valence-electron chi connectivity index (χ2n) is 7.53. The van der Waals surface area contributed by atoms with Gasteiger partial charge in [-0.1, -0.05) is 51.5 Å². The van der Waals surface area contributed by atoms with Crippen molar-refractivity contribution >= 4 is 5.78 Å². The lowest BCUT2D eigenvalue weighted by molar-refractivity contribution is 0.0962. The van der Waals surface area contributed by atoms with Gasteiger partial charge in [-0.05, 0) is 49.6 Å². The van der Waals surface area contributed by atoms with E-state index in [9.17, 15) is 4.79 Å². The molecule has 1 aliphatic rings. The van der Waals surface area contributed by atoms with Gasteiger partial charge in [0.05, 0.1) is 0 Å². The Bertz CT molecular complexity index is 469. The summed E-state index contributed by atoms with van der Waals surface area (Å²) in [5.41, 5.74) is 2.23. The van der Waals surface area contributed by atoms with Crippen LogP contribution in [0.5, 0.6) is 0 Å². The third kappa shape index (κ3) is 6.10. The van der Waals surface area contributed by atoms with E-state index in [1.54, 1.807) is 0 Å². The lowest BCUT2D eigenvalue weighted by atomic mass is 9.91. The van der Waals surface area contributed by atoms with Crippen molar-refractivity contribution < 1.29 is 4.79 Å². The zero-order valence-electron chi connectivity index (χ0n) is 15.2. The largest absolute Gasteiger partial charge is 0.303 e. The number of Topliss-reactive ketones (excluding diaryl/α,β-unsaturated/α-hetero) is 1. The van der Waals surface area contributed by atoms with E-state index in [1.807, 2.05) is 12.1 Å². The van der Waals surface area contributed by atoms with Crippen LogP contribution in [0.15, 0.2) is 24.3 Å². The van der Waals surface area contributed by atoms with E-state index >= 15 is 0 Å². The molecule has 0 bridgehead atoms. The maximum absolute atomic E-state index is 12.3. The molecular formula is C21H33NO. The standard InChI is InChI=1S/C21H33NO/c1-4-5-7-19-9-11-20(12-10-19)21(23)8-6-13-22-15-17(2)14-18(3)16-22/h9-12,17-18H,4-8,13-16H2,1-3H3. The molecule has 1 aromatic rings. The summed E-state index contributed by atoms with van der Waals surface area (Å²) >= 11 is 0. The van der Waals surface area contributed by atoms with E-state index < -0.39 is 0 Å². The van der Waals surface area contributed by atoms with Gasteiger partial charge in [0, 0.05) is 25.1 Å². The van der Waals surface area contributed by atoms with Gasteiger partial charge in [0.2, 0.25) is 0 Å². The highest BCUT2D eigenvalue weighted by atomic mass is 16.1. The highest BCUT2D eigenvalue weighted by molar-refractivity contribution is 5.96. The summed E-state index contributed by atoms with van der Waals surface area (Å²) in [6.07, 6.45) is 6.56. The third-order valence-corrected chi connectivity index (χ3v) is 4.92. The second kappa shape index (κ2) is 9.22. The number of likely N-dealkylation sites (tertiary alicyclic amines) is 1. The molecule has 2 unspecified atom stereocenters. The predicted octanol–water partition coefficient (Wildman–Crippen LogP) is 4.97. The minimum Gasteiger partial charge on any atom is -0.303 e. The van der Waals surface area contributed by atoms with E-state index in [1.165, 1.54) is 37.9 Å². The molecule has 1 heterocycles. The van der Waals surface area contributed by atoms with E-state index in [2.05, 4.69) is 37.8 Å². The molecule has 0 N–H and O–H groups in total. The lowest BCUT2D eigenvalue weighted by Gasteiger charge is -2.34. The van der Waals surface area contributed by atoms with Crippen LogP contribution in [0.4, 0.5) is 0 Å². The molecule has 1 aliphatic heterocycles. The fourth-order valence-corrected chi connectivity index (χ4v) is 3.82. The number of hydrogen-bond acceptors (Lipinski definition) is 2. The Kier molecular flexibility index (Phi) is 7.29. The molecule has 2 rings (SSSR count). The SMILES string of the molecule is CCCCc1ccc(C(=O)CCCN2CC(C)CC(C)C2)cc1. The predicted molar refractivity (Wildman–Crippen MR) is 98.0 cm³/mol. The van der Waals surface area contributed by atoms with Gasteiger partial charge >= 0.3 is 0 Å². The van der Waals surface area contributed by atoms with Crippen molar-refractivity contribution in [1.29, 1.82) is 0 Å². The van der Waals surface area contributed by atoms with Gasteiger partial charge in [-0.25, -0.2) is 0 Å². The Morgan fingerprint density at radius 1 is 1.09 bits per heavy atom. The van der Waals surface area contributed by atoms with Crippen LogP contribution in [0, 0.1) is 11.8 Å². The van der Waals surface area contributed by atoms with E-state index in [4.69, 9.17) is 0 Å². The van der Waals surface area contributed by atoms with Gasteiger partial charge < -0.3 is 4.90 Å². The lowest BCUT2D eigenvalue weighted by Crippen LogP contribution is -2.39. The summed E-state index contributed by atoms with van der Waals surface area (Å²) in [7, 11) is 0. The number of piperidine rings is 1.